The number of fused-ring (bicyclic) bond motifs is 1. The van der Waals surface area contributed by atoms with E-state index in [1.165, 1.54) is 6.08 Å². The maximum Gasteiger partial charge on any atom is 0.243 e. The van der Waals surface area contributed by atoms with Gasteiger partial charge in [0.15, 0.2) is 5.82 Å². The van der Waals surface area contributed by atoms with Gasteiger partial charge in [-0.25, -0.2) is 9.97 Å². The van der Waals surface area contributed by atoms with E-state index in [-0.39, 0.29) is 11.9 Å². The Hall–Kier alpha value is -2.94. The molecule has 0 atom stereocenters. The lowest BCUT2D eigenvalue weighted by molar-refractivity contribution is -0.117. The predicted molar refractivity (Wildman–Crippen MR) is 112 cm³/mol. The van der Waals surface area contributed by atoms with Gasteiger partial charge >= 0.3 is 0 Å². The monoisotopic (exact) mass is 397 g/mol. The van der Waals surface area contributed by atoms with Gasteiger partial charge in [-0.05, 0) is 43.2 Å². The summed E-state index contributed by atoms with van der Waals surface area (Å²) in [5.74, 6) is 1.98. The van der Waals surface area contributed by atoms with Gasteiger partial charge in [-0.3, -0.25) is 4.79 Å². The van der Waals surface area contributed by atoms with Crippen molar-refractivity contribution in [3.8, 4) is 0 Å². The highest BCUT2D eigenvalue weighted by atomic mass is 32.1. The van der Waals surface area contributed by atoms with Crippen molar-refractivity contribution in [1.29, 1.82) is 0 Å². The smallest absolute Gasteiger partial charge is 0.243 e. The summed E-state index contributed by atoms with van der Waals surface area (Å²) in [6, 6.07) is 2.54. The van der Waals surface area contributed by atoms with Gasteiger partial charge in [-0.2, -0.15) is 4.98 Å². The molecule has 0 saturated heterocycles. The Morgan fingerprint density at radius 1 is 1.29 bits per heavy atom. The van der Waals surface area contributed by atoms with Crippen LogP contribution in [-0.4, -0.2) is 37.5 Å². The van der Waals surface area contributed by atoms with E-state index in [1.807, 2.05) is 29.3 Å². The number of thiophene rings is 1. The average molecular weight is 398 g/mol. The second kappa shape index (κ2) is 7.97. The number of hydrogen-bond acceptors (Lipinski definition) is 7. The van der Waals surface area contributed by atoms with E-state index >= 15 is 0 Å². The zero-order valence-corrected chi connectivity index (χ0v) is 16.5. The quantitative estimate of drug-likeness (QED) is 0.553. The van der Waals surface area contributed by atoms with Gasteiger partial charge in [-0.15, -0.1) is 11.3 Å². The van der Waals surface area contributed by atoms with Gasteiger partial charge in [0.25, 0.3) is 0 Å². The molecule has 3 aromatic heterocycles. The molecule has 3 N–H and O–H groups in total. The summed E-state index contributed by atoms with van der Waals surface area (Å²) in [5, 5.41) is 11.8. The van der Waals surface area contributed by atoms with Gasteiger partial charge in [0.1, 0.15) is 5.82 Å². The molecule has 8 nitrogen and oxygen atoms in total. The number of carbonyl (C=O) groups excluding carboxylic acids is 1. The Bertz CT molecular complexity index is 987. The first-order valence-corrected chi connectivity index (χ1v) is 10.2. The number of anilines is 3. The summed E-state index contributed by atoms with van der Waals surface area (Å²) >= 11 is 1.63. The number of nitrogens with one attached hydrogen (secondary N) is 3. The number of hydrogen-bond donors (Lipinski definition) is 3. The lowest BCUT2D eigenvalue weighted by atomic mass is 9.91. The first-order chi connectivity index (χ1) is 13.6. The van der Waals surface area contributed by atoms with Crippen LogP contribution >= 0.6 is 11.3 Å². The lowest BCUT2D eigenvalue weighted by Gasteiger charge is -2.29. The second-order valence-electron chi connectivity index (χ2n) is 6.99. The van der Waals surface area contributed by atoms with E-state index in [9.17, 15) is 4.79 Å². The number of imidazole rings is 1. The minimum absolute atomic E-state index is 0.0993. The molecule has 0 aromatic carbocycles. The van der Waals surface area contributed by atoms with E-state index < -0.39 is 0 Å². The Balaban J connectivity index is 1.47. The molecule has 1 aliphatic carbocycles. The molecule has 3 heterocycles. The Morgan fingerprint density at radius 3 is 2.79 bits per heavy atom. The van der Waals surface area contributed by atoms with Crippen LogP contribution in [0.2, 0.25) is 0 Å². The largest absolute Gasteiger partial charge is 0.366 e. The van der Waals surface area contributed by atoms with Crippen molar-refractivity contribution in [3.05, 3.63) is 36.6 Å². The van der Waals surface area contributed by atoms with Crippen LogP contribution in [0.25, 0.3) is 10.2 Å². The molecule has 1 saturated carbocycles. The highest BCUT2D eigenvalue weighted by Gasteiger charge is 2.23. The van der Waals surface area contributed by atoms with Crippen molar-refractivity contribution in [2.24, 2.45) is 7.05 Å². The molecule has 0 spiro atoms. The molecular weight excluding hydrogens is 374 g/mol. The minimum atomic E-state index is -0.0993. The molecule has 146 valence electrons. The summed E-state index contributed by atoms with van der Waals surface area (Å²) in [6.07, 6.45) is 8.77. The standard InChI is InChI=1S/C19H23N7OS/c1-3-16(27)21-12-4-6-13(7-5-12)22-18-17-14(8-9-28-17)23-19(25-18)24-15-10-26(2)11-20-15/h3,8-13H,1,4-7H2,2H3,(H,21,27)(H2,22,23,24,25)/t12-,13+. The Morgan fingerprint density at radius 2 is 2.07 bits per heavy atom. The van der Waals surface area contributed by atoms with Gasteiger partial charge in [0, 0.05) is 25.3 Å². The fourth-order valence-electron chi connectivity index (χ4n) is 3.44. The van der Waals surface area contributed by atoms with E-state index in [0.717, 1.165) is 41.7 Å². The number of nitrogens with zero attached hydrogens (tertiary/aromatic N) is 4. The topological polar surface area (TPSA) is 96.8 Å². The maximum atomic E-state index is 11.5. The summed E-state index contributed by atoms with van der Waals surface area (Å²) in [6.45, 7) is 3.51. The predicted octanol–water partition coefficient (Wildman–Crippen LogP) is 3.19. The van der Waals surface area contributed by atoms with E-state index in [0.29, 0.717) is 17.8 Å². The molecule has 3 aromatic rings. The van der Waals surface area contributed by atoms with E-state index in [1.54, 1.807) is 17.7 Å². The summed E-state index contributed by atoms with van der Waals surface area (Å²) in [4.78, 5) is 25.0. The normalized spacial score (nSPS) is 19.3. The third-order valence-corrected chi connectivity index (χ3v) is 5.76. The molecule has 0 radical (unpaired) electrons. The molecule has 0 unspecified atom stereocenters. The third-order valence-electron chi connectivity index (χ3n) is 4.85. The van der Waals surface area contributed by atoms with Crippen molar-refractivity contribution < 1.29 is 4.79 Å². The van der Waals surface area contributed by atoms with E-state index in [2.05, 4.69) is 32.5 Å². The van der Waals surface area contributed by atoms with E-state index in [4.69, 9.17) is 4.98 Å². The van der Waals surface area contributed by atoms with Crippen molar-refractivity contribution in [1.82, 2.24) is 24.8 Å². The molecule has 1 aliphatic rings. The third kappa shape index (κ3) is 4.14. The van der Waals surface area contributed by atoms with Gasteiger partial charge < -0.3 is 20.5 Å². The average Bonchev–Trinajstić information content (AvgIpc) is 3.32. The summed E-state index contributed by atoms with van der Waals surface area (Å²) < 4.78 is 2.92. The fraction of sp³-hybridized carbons (Fsp3) is 0.368. The molecule has 0 bridgehead atoms. The van der Waals surface area contributed by atoms with Crippen LogP contribution in [0.5, 0.6) is 0 Å². The minimum Gasteiger partial charge on any atom is -0.366 e. The van der Waals surface area contributed by atoms with Gasteiger partial charge in [0.05, 0.1) is 16.5 Å². The van der Waals surface area contributed by atoms with Crippen molar-refractivity contribution in [2.45, 2.75) is 37.8 Å². The van der Waals surface area contributed by atoms with Crippen LogP contribution in [0.3, 0.4) is 0 Å². The van der Waals surface area contributed by atoms with Crippen LogP contribution in [0.15, 0.2) is 36.6 Å². The SMILES string of the molecule is C=CC(=O)N[C@H]1CC[C@@H](Nc2nc(Nc3cn(C)cn3)nc3ccsc23)CC1. The molecule has 1 fully saturated rings. The van der Waals surface area contributed by atoms with Crippen LogP contribution < -0.4 is 16.0 Å². The van der Waals surface area contributed by atoms with Crippen molar-refractivity contribution >= 4 is 45.0 Å². The fourth-order valence-corrected chi connectivity index (χ4v) is 4.23. The van der Waals surface area contributed by atoms with Crippen molar-refractivity contribution in [3.63, 3.8) is 0 Å². The molecule has 9 heteroatoms. The number of carbonyl (C=O) groups is 1. The number of rotatable bonds is 6. The second-order valence-corrected chi connectivity index (χ2v) is 7.90. The van der Waals surface area contributed by atoms with Gasteiger partial charge in [-0.1, -0.05) is 6.58 Å². The zero-order chi connectivity index (χ0) is 19.5. The van der Waals surface area contributed by atoms with Crippen LogP contribution in [0.4, 0.5) is 17.6 Å². The Labute approximate surface area is 167 Å². The molecular formula is C19H23N7OS. The highest BCUT2D eigenvalue weighted by Crippen LogP contribution is 2.30. The molecule has 0 aliphatic heterocycles. The number of amides is 1. The van der Waals surface area contributed by atoms with Crippen molar-refractivity contribution in [2.75, 3.05) is 10.6 Å². The maximum absolute atomic E-state index is 11.5. The molecule has 1 amide bonds. The highest BCUT2D eigenvalue weighted by molar-refractivity contribution is 7.17. The molecule has 28 heavy (non-hydrogen) atoms. The van der Waals surface area contributed by atoms with Crippen LogP contribution in [-0.2, 0) is 11.8 Å². The van der Waals surface area contributed by atoms with Gasteiger partial charge in [0.2, 0.25) is 11.9 Å². The van der Waals surface area contributed by atoms with Crippen LogP contribution in [0.1, 0.15) is 25.7 Å². The Kier molecular flexibility index (Phi) is 5.25. The summed E-state index contributed by atoms with van der Waals surface area (Å²) in [5.41, 5.74) is 0.910. The first kappa shape index (κ1) is 18.4. The lowest BCUT2D eigenvalue weighted by Crippen LogP contribution is -2.39. The number of aromatic nitrogens is 4. The zero-order valence-electron chi connectivity index (χ0n) is 15.7. The summed E-state index contributed by atoms with van der Waals surface area (Å²) in [7, 11) is 1.92. The number of aryl methyl sites for hydroxylation is 1. The first-order valence-electron chi connectivity index (χ1n) is 9.30. The molecule has 4 rings (SSSR count). The van der Waals surface area contributed by atoms with Crippen LogP contribution in [0, 0.1) is 0 Å².